The van der Waals surface area contributed by atoms with Crippen molar-refractivity contribution in [2.75, 3.05) is 0 Å². The molecule has 0 aliphatic rings. The first-order chi connectivity index (χ1) is 8.40. The highest BCUT2D eigenvalue weighted by atomic mass is 79.9. The molecule has 96 valence electrons. The van der Waals surface area contributed by atoms with Crippen molar-refractivity contribution in [2.24, 2.45) is 0 Å². The van der Waals surface area contributed by atoms with Crippen LogP contribution in [0.3, 0.4) is 0 Å². The summed E-state index contributed by atoms with van der Waals surface area (Å²) in [6.07, 6.45) is 0. The third-order valence-corrected chi connectivity index (χ3v) is 6.84. The number of hydrogen-bond donors (Lipinski definition) is 0. The van der Waals surface area contributed by atoms with E-state index in [1.54, 1.807) is 17.4 Å². The van der Waals surface area contributed by atoms with Gasteiger partial charge in [-0.15, -0.1) is 11.3 Å². The normalized spacial score (nSPS) is 12.8. The minimum Gasteiger partial charge on any atom is -0.207 e. The van der Waals surface area contributed by atoms with Crippen LogP contribution in [0.1, 0.15) is 16.0 Å². The lowest BCUT2D eigenvalue weighted by Crippen LogP contribution is -1.96. The minimum atomic E-state index is -0.303. The van der Waals surface area contributed by atoms with Crippen molar-refractivity contribution in [3.8, 4) is 0 Å². The summed E-state index contributed by atoms with van der Waals surface area (Å²) in [5.74, 6) is -0.303. The molecule has 0 radical (unpaired) electrons. The first-order valence-corrected chi connectivity index (χ1v) is 9.12. The van der Waals surface area contributed by atoms with Crippen LogP contribution in [0, 0.1) is 5.82 Å². The van der Waals surface area contributed by atoms with Gasteiger partial charge in [-0.25, -0.2) is 4.39 Å². The SMILES string of the molecule is Fc1cc(Br)c(Cl)cc1C(Br)c1cc(Br)sc1Br. The van der Waals surface area contributed by atoms with Crippen molar-refractivity contribution >= 4 is 86.7 Å². The van der Waals surface area contributed by atoms with Crippen LogP contribution in [0.2, 0.25) is 5.02 Å². The van der Waals surface area contributed by atoms with Crippen LogP contribution in [0.25, 0.3) is 0 Å². The van der Waals surface area contributed by atoms with E-state index in [4.69, 9.17) is 11.6 Å². The van der Waals surface area contributed by atoms with Crippen LogP contribution < -0.4 is 0 Å². The molecule has 1 atom stereocenters. The summed E-state index contributed by atoms with van der Waals surface area (Å²) in [7, 11) is 0. The van der Waals surface area contributed by atoms with Crippen molar-refractivity contribution in [1.82, 2.24) is 0 Å². The molecule has 0 spiro atoms. The third-order valence-electron chi connectivity index (χ3n) is 2.27. The van der Waals surface area contributed by atoms with Gasteiger partial charge in [0.2, 0.25) is 0 Å². The molecule has 7 heteroatoms. The zero-order chi connectivity index (χ0) is 13.4. The second-order valence-corrected chi connectivity index (χ2v) is 9.36. The van der Waals surface area contributed by atoms with Gasteiger partial charge in [0, 0.05) is 10.0 Å². The van der Waals surface area contributed by atoms with Crippen LogP contribution in [-0.4, -0.2) is 0 Å². The Bertz CT molecular complexity index is 599. The second kappa shape index (κ2) is 6.22. The predicted octanol–water partition coefficient (Wildman–Crippen LogP) is 7.31. The molecule has 0 amide bonds. The summed E-state index contributed by atoms with van der Waals surface area (Å²) in [6.45, 7) is 0. The molecule has 1 aromatic heterocycles. The Hall–Kier alpha value is 1.06. The lowest BCUT2D eigenvalue weighted by Gasteiger charge is -2.12. The van der Waals surface area contributed by atoms with Crippen molar-refractivity contribution in [3.63, 3.8) is 0 Å². The molecule has 18 heavy (non-hydrogen) atoms. The van der Waals surface area contributed by atoms with Gasteiger partial charge < -0.3 is 0 Å². The molecule has 0 aliphatic heterocycles. The molecule has 0 nitrogen and oxygen atoms in total. The van der Waals surface area contributed by atoms with E-state index in [0.29, 0.717) is 15.1 Å². The fourth-order valence-electron chi connectivity index (χ4n) is 1.43. The maximum atomic E-state index is 14.0. The largest absolute Gasteiger partial charge is 0.207 e. The van der Waals surface area contributed by atoms with Crippen LogP contribution in [-0.2, 0) is 0 Å². The van der Waals surface area contributed by atoms with Crippen LogP contribution in [0.5, 0.6) is 0 Å². The number of benzene rings is 1. The summed E-state index contributed by atoms with van der Waals surface area (Å²) in [5, 5.41) is 0.487. The molecule has 0 N–H and O–H groups in total. The Labute approximate surface area is 146 Å². The maximum absolute atomic E-state index is 14.0. The molecule has 0 aliphatic carbocycles. The third kappa shape index (κ3) is 3.20. The van der Waals surface area contributed by atoms with E-state index in [1.807, 2.05) is 6.07 Å². The van der Waals surface area contributed by atoms with Crippen molar-refractivity contribution in [3.05, 3.63) is 52.2 Å². The fraction of sp³-hybridized carbons (Fsp3) is 0.0909. The van der Waals surface area contributed by atoms with Gasteiger partial charge in [0.1, 0.15) is 5.82 Å². The summed E-state index contributed by atoms with van der Waals surface area (Å²) in [6, 6.07) is 4.95. The number of rotatable bonds is 2. The Morgan fingerprint density at radius 3 is 2.33 bits per heavy atom. The molecule has 1 unspecified atom stereocenters. The van der Waals surface area contributed by atoms with E-state index < -0.39 is 0 Å². The highest BCUT2D eigenvalue weighted by Gasteiger charge is 2.20. The molecular weight excluding hydrogens is 538 g/mol. The molecular formula is C11H4Br4ClFS. The average Bonchev–Trinajstić information content (AvgIpc) is 2.62. The van der Waals surface area contributed by atoms with Gasteiger partial charge in [-0.2, -0.15) is 0 Å². The quantitative estimate of drug-likeness (QED) is 0.276. The van der Waals surface area contributed by atoms with Crippen molar-refractivity contribution in [1.29, 1.82) is 0 Å². The van der Waals surface area contributed by atoms with Gasteiger partial charge in [-0.1, -0.05) is 27.5 Å². The van der Waals surface area contributed by atoms with E-state index in [9.17, 15) is 4.39 Å². The van der Waals surface area contributed by atoms with E-state index >= 15 is 0 Å². The maximum Gasteiger partial charge on any atom is 0.129 e. The molecule has 2 aromatic rings. The first kappa shape index (κ1) is 15.4. The van der Waals surface area contributed by atoms with E-state index in [0.717, 1.165) is 13.1 Å². The van der Waals surface area contributed by atoms with E-state index in [-0.39, 0.29) is 10.6 Å². The number of thiophene rings is 1. The number of hydrogen-bond acceptors (Lipinski definition) is 1. The van der Waals surface area contributed by atoms with Crippen LogP contribution in [0.15, 0.2) is 30.2 Å². The minimum absolute atomic E-state index is 0.250. The van der Waals surface area contributed by atoms with Gasteiger partial charge in [0.15, 0.2) is 0 Å². The molecule has 0 saturated heterocycles. The van der Waals surface area contributed by atoms with Crippen molar-refractivity contribution < 1.29 is 4.39 Å². The molecule has 1 aromatic carbocycles. The Kier molecular flexibility index (Phi) is 5.34. The monoisotopic (exact) mass is 538 g/mol. The lowest BCUT2D eigenvalue weighted by atomic mass is 10.1. The van der Waals surface area contributed by atoms with E-state index in [2.05, 4.69) is 63.7 Å². The topological polar surface area (TPSA) is 0 Å². The molecule has 0 fully saturated rings. The average molecular weight is 542 g/mol. The van der Waals surface area contributed by atoms with E-state index in [1.165, 1.54) is 6.07 Å². The summed E-state index contributed by atoms with van der Waals surface area (Å²) in [4.78, 5) is -0.250. The number of halogens is 6. The molecule has 0 saturated carbocycles. The summed E-state index contributed by atoms with van der Waals surface area (Å²) in [5.41, 5.74) is 1.47. The molecule has 1 heterocycles. The van der Waals surface area contributed by atoms with Crippen molar-refractivity contribution in [2.45, 2.75) is 4.83 Å². The molecule has 0 bridgehead atoms. The highest BCUT2D eigenvalue weighted by molar-refractivity contribution is 9.12. The van der Waals surface area contributed by atoms with Crippen LogP contribution >= 0.6 is 86.7 Å². The zero-order valence-electron chi connectivity index (χ0n) is 8.49. The van der Waals surface area contributed by atoms with Gasteiger partial charge in [0.25, 0.3) is 0 Å². The Balaban J connectivity index is 2.49. The van der Waals surface area contributed by atoms with Gasteiger partial charge in [0.05, 0.1) is 17.4 Å². The van der Waals surface area contributed by atoms with Gasteiger partial charge >= 0.3 is 0 Å². The Morgan fingerprint density at radius 2 is 1.78 bits per heavy atom. The zero-order valence-corrected chi connectivity index (χ0v) is 16.4. The summed E-state index contributed by atoms with van der Waals surface area (Å²) >= 11 is 21.1. The number of alkyl halides is 1. The summed E-state index contributed by atoms with van der Waals surface area (Å²) < 4.78 is 16.5. The fourth-order valence-corrected chi connectivity index (χ4v) is 5.99. The lowest BCUT2D eigenvalue weighted by molar-refractivity contribution is 0.612. The first-order valence-electron chi connectivity index (χ1n) is 4.63. The highest BCUT2D eigenvalue weighted by Crippen LogP contribution is 2.43. The van der Waals surface area contributed by atoms with Crippen LogP contribution in [0.4, 0.5) is 4.39 Å². The Morgan fingerprint density at radius 1 is 1.11 bits per heavy atom. The smallest absolute Gasteiger partial charge is 0.129 e. The molecule has 2 rings (SSSR count). The second-order valence-electron chi connectivity index (χ2n) is 3.43. The van der Waals surface area contributed by atoms with Gasteiger partial charge in [-0.05, 0) is 71.6 Å². The standard InChI is InChI=1S/C11H4Br4ClFS/c12-6-3-8(17)4(1-7(6)16)10(14)5-2-9(13)18-11(5)15/h1-3,10H. The van der Waals surface area contributed by atoms with Gasteiger partial charge in [-0.3, -0.25) is 0 Å². The predicted molar refractivity (Wildman–Crippen MR) is 89.6 cm³/mol.